The van der Waals surface area contributed by atoms with Crippen LogP contribution in [-0.2, 0) is 19.6 Å². The smallest absolute Gasteiger partial charge is 0.303 e. The largest absolute Gasteiger partial charge is 0.481 e. The highest BCUT2D eigenvalue weighted by atomic mass is 32.2. The number of carbonyl (C=O) groups is 3. The number of rotatable bonds is 7. The Kier molecular flexibility index (Phi) is 7.08. The summed E-state index contributed by atoms with van der Waals surface area (Å²) in [5.41, 5.74) is 0.136. The zero-order valence-corrected chi connectivity index (χ0v) is 16.1. The molecule has 1 heterocycles. The van der Waals surface area contributed by atoms with Gasteiger partial charge in [-0.25, -0.2) is 12.8 Å². The second kappa shape index (κ2) is 9.11. The lowest BCUT2D eigenvalue weighted by atomic mass is 10.1. The minimum absolute atomic E-state index is 0.118. The number of hydrogen-bond acceptors (Lipinski definition) is 5. The molecular formula is C17H22FN3O6S. The molecule has 28 heavy (non-hydrogen) atoms. The number of carbonyl (C=O) groups excluding carboxylic acids is 2. The third kappa shape index (κ3) is 5.99. The molecule has 11 heteroatoms. The van der Waals surface area contributed by atoms with Crippen LogP contribution in [0.2, 0.25) is 0 Å². The van der Waals surface area contributed by atoms with E-state index >= 15 is 0 Å². The van der Waals surface area contributed by atoms with Crippen LogP contribution in [0.1, 0.15) is 23.2 Å². The van der Waals surface area contributed by atoms with Crippen LogP contribution in [0.3, 0.4) is 0 Å². The van der Waals surface area contributed by atoms with Gasteiger partial charge >= 0.3 is 5.97 Å². The Morgan fingerprint density at radius 3 is 2.21 bits per heavy atom. The maximum absolute atomic E-state index is 13.0. The van der Waals surface area contributed by atoms with Gasteiger partial charge in [0.15, 0.2) is 0 Å². The molecule has 0 bridgehead atoms. The molecule has 0 aromatic heterocycles. The minimum Gasteiger partial charge on any atom is -0.481 e. The van der Waals surface area contributed by atoms with Gasteiger partial charge in [-0.1, -0.05) is 0 Å². The Hall–Kier alpha value is -2.53. The van der Waals surface area contributed by atoms with Gasteiger partial charge in [-0.3, -0.25) is 14.4 Å². The molecule has 0 saturated carbocycles. The first-order valence-corrected chi connectivity index (χ1v) is 10.4. The van der Waals surface area contributed by atoms with Crippen molar-refractivity contribution in [3.8, 4) is 0 Å². The van der Waals surface area contributed by atoms with E-state index in [0.29, 0.717) is 0 Å². The van der Waals surface area contributed by atoms with Gasteiger partial charge in [-0.2, -0.15) is 4.31 Å². The van der Waals surface area contributed by atoms with E-state index in [0.717, 1.165) is 18.4 Å². The van der Waals surface area contributed by atoms with Gasteiger partial charge in [0.05, 0.1) is 6.26 Å². The number of carboxylic acids is 1. The monoisotopic (exact) mass is 415 g/mol. The number of aliphatic carboxylic acids is 1. The Bertz CT molecular complexity index is 835. The third-order valence-electron chi connectivity index (χ3n) is 4.38. The van der Waals surface area contributed by atoms with Crippen molar-refractivity contribution in [1.29, 1.82) is 0 Å². The summed E-state index contributed by atoms with van der Waals surface area (Å²) in [7, 11) is -3.36. The highest BCUT2D eigenvalue weighted by molar-refractivity contribution is 7.88. The first kappa shape index (κ1) is 21.8. The average molecular weight is 415 g/mol. The second-order valence-corrected chi connectivity index (χ2v) is 8.44. The summed E-state index contributed by atoms with van der Waals surface area (Å²) >= 11 is 0. The van der Waals surface area contributed by atoms with E-state index in [-0.39, 0.29) is 44.6 Å². The Morgan fingerprint density at radius 1 is 1.14 bits per heavy atom. The van der Waals surface area contributed by atoms with Crippen molar-refractivity contribution >= 4 is 27.8 Å². The van der Waals surface area contributed by atoms with E-state index < -0.39 is 39.7 Å². The number of halogens is 1. The van der Waals surface area contributed by atoms with E-state index in [9.17, 15) is 27.2 Å². The standard InChI is InChI=1S/C17H22FN3O6S/c1-28(26,27)21-10-8-20(9-11-21)17(25)14(6-7-15(22)23)19-16(24)12-2-4-13(18)5-3-12/h2-5,14H,6-11H2,1H3,(H,19,24)(H,22,23)/t14-/m0/s1. The maximum atomic E-state index is 13.0. The number of amides is 2. The van der Waals surface area contributed by atoms with Gasteiger partial charge in [0.2, 0.25) is 15.9 Å². The SMILES string of the molecule is CS(=O)(=O)N1CCN(C(=O)[C@H](CCC(=O)O)NC(=O)c2ccc(F)cc2)CC1. The molecule has 9 nitrogen and oxygen atoms in total. The summed E-state index contributed by atoms with van der Waals surface area (Å²) in [5.74, 6) is -2.74. The van der Waals surface area contributed by atoms with Crippen molar-refractivity contribution in [3.05, 3.63) is 35.6 Å². The predicted molar refractivity (Wildman–Crippen MR) is 97.5 cm³/mol. The van der Waals surface area contributed by atoms with Crippen LogP contribution in [0.4, 0.5) is 4.39 Å². The predicted octanol–water partition coefficient (Wildman–Crippen LogP) is -0.107. The molecule has 1 aliphatic rings. The zero-order valence-electron chi connectivity index (χ0n) is 15.3. The number of piperazine rings is 1. The fourth-order valence-corrected chi connectivity index (χ4v) is 3.66. The maximum Gasteiger partial charge on any atom is 0.303 e. The fraction of sp³-hybridized carbons (Fsp3) is 0.471. The fourth-order valence-electron chi connectivity index (χ4n) is 2.83. The summed E-state index contributed by atoms with van der Waals surface area (Å²) in [4.78, 5) is 37.4. The average Bonchev–Trinajstić information content (AvgIpc) is 2.64. The number of sulfonamides is 1. The molecule has 1 saturated heterocycles. The number of carboxylic acid groups (broad SMARTS) is 1. The summed E-state index contributed by atoms with van der Waals surface area (Å²) in [6.07, 6.45) is 0.639. The number of hydrogen-bond donors (Lipinski definition) is 2. The van der Waals surface area contributed by atoms with E-state index in [2.05, 4.69) is 5.32 Å². The molecule has 0 aliphatic carbocycles. The molecule has 1 fully saturated rings. The van der Waals surface area contributed by atoms with Crippen LogP contribution in [0.15, 0.2) is 24.3 Å². The summed E-state index contributed by atoms with van der Waals surface area (Å²) in [5, 5.41) is 11.4. The zero-order chi connectivity index (χ0) is 20.9. The van der Waals surface area contributed by atoms with E-state index in [1.807, 2.05) is 0 Å². The lowest BCUT2D eigenvalue weighted by molar-refractivity contribution is -0.138. The molecule has 0 radical (unpaired) electrons. The molecule has 0 spiro atoms. The summed E-state index contributed by atoms with van der Waals surface area (Å²) in [6.45, 7) is 0.536. The van der Waals surface area contributed by atoms with E-state index in [1.165, 1.54) is 21.3 Å². The molecule has 0 unspecified atom stereocenters. The van der Waals surface area contributed by atoms with Gasteiger partial charge in [0, 0.05) is 38.2 Å². The molecule has 1 aromatic carbocycles. The Labute approximate surface area is 162 Å². The van der Waals surface area contributed by atoms with Crippen molar-refractivity contribution in [2.45, 2.75) is 18.9 Å². The van der Waals surface area contributed by atoms with Crippen LogP contribution in [0, 0.1) is 5.82 Å². The van der Waals surface area contributed by atoms with Crippen LogP contribution >= 0.6 is 0 Å². The molecule has 1 atom stereocenters. The molecule has 2 amide bonds. The van der Waals surface area contributed by atoms with Gasteiger partial charge in [-0.15, -0.1) is 0 Å². The van der Waals surface area contributed by atoms with Crippen LogP contribution in [0.25, 0.3) is 0 Å². The van der Waals surface area contributed by atoms with Crippen LogP contribution in [-0.4, -0.2) is 79.0 Å². The molecule has 2 rings (SSSR count). The van der Waals surface area contributed by atoms with E-state index in [4.69, 9.17) is 5.11 Å². The Morgan fingerprint density at radius 2 is 1.71 bits per heavy atom. The first-order chi connectivity index (χ1) is 13.1. The van der Waals surface area contributed by atoms with Crippen molar-refractivity contribution in [3.63, 3.8) is 0 Å². The van der Waals surface area contributed by atoms with Crippen molar-refractivity contribution in [1.82, 2.24) is 14.5 Å². The topological polar surface area (TPSA) is 124 Å². The van der Waals surface area contributed by atoms with Gasteiger partial charge in [0.1, 0.15) is 11.9 Å². The number of nitrogens with zero attached hydrogens (tertiary/aromatic N) is 2. The molecule has 1 aromatic rings. The van der Waals surface area contributed by atoms with Gasteiger partial charge in [0.25, 0.3) is 5.91 Å². The summed E-state index contributed by atoms with van der Waals surface area (Å²) in [6, 6.07) is 3.64. The number of nitrogens with one attached hydrogen (secondary N) is 1. The second-order valence-electron chi connectivity index (χ2n) is 6.45. The van der Waals surface area contributed by atoms with Gasteiger partial charge < -0.3 is 15.3 Å². The molecule has 154 valence electrons. The molecule has 2 N–H and O–H groups in total. The molecular weight excluding hydrogens is 393 g/mol. The van der Waals surface area contributed by atoms with Crippen molar-refractivity contribution in [2.75, 3.05) is 32.4 Å². The highest BCUT2D eigenvalue weighted by Crippen LogP contribution is 2.11. The quantitative estimate of drug-likeness (QED) is 0.641. The van der Waals surface area contributed by atoms with Crippen LogP contribution in [0.5, 0.6) is 0 Å². The minimum atomic E-state index is -3.36. The van der Waals surface area contributed by atoms with Crippen molar-refractivity contribution in [2.24, 2.45) is 0 Å². The number of benzene rings is 1. The van der Waals surface area contributed by atoms with Crippen LogP contribution < -0.4 is 5.32 Å². The van der Waals surface area contributed by atoms with Gasteiger partial charge in [-0.05, 0) is 30.7 Å². The first-order valence-electron chi connectivity index (χ1n) is 8.60. The normalized spacial score (nSPS) is 16.4. The van der Waals surface area contributed by atoms with E-state index in [1.54, 1.807) is 0 Å². The lowest BCUT2D eigenvalue weighted by Gasteiger charge is -2.35. The Balaban J connectivity index is 2.07. The summed E-state index contributed by atoms with van der Waals surface area (Å²) < 4.78 is 37.4. The lowest BCUT2D eigenvalue weighted by Crippen LogP contribution is -2.55. The third-order valence-corrected chi connectivity index (χ3v) is 5.68. The van der Waals surface area contributed by atoms with Crippen molar-refractivity contribution < 1.29 is 32.3 Å². The highest BCUT2D eigenvalue weighted by Gasteiger charge is 2.31. The molecule has 1 aliphatic heterocycles.